The number of benzene rings is 4. The molecule has 6 nitrogen and oxygen atoms in total. The van der Waals surface area contributed by atoms with Gasteiger partial charge in [0.1, 0.15) is 17.2 Å². The van der Waals surface area contributed by atoms with Gasteiger partial charge in [-0.05, 0) is 64.1 Å². The highest BCUT2D eigenvalue weighted by molar-refractivity contribution is 5.83. The lowest BCUT2D eigenvalue weighted by molar-refractivity contribution is 1.09. The van der Waals surface area contributed by atoms with Crippen LogP contribution in [0.1, 0.15) is 31.1 Å². The van der Waals surface area contributed by atoms with Crippen molar-refractivity contribution in [3.8, 4) is 34.2 Å². The van der Waals surface area contributed by atoms with Crippen LogP contribution in [0.15, 0.2) is 134 Å². The molecule has 0 spiro atoms. The van der Waals surface area contributed by atoms with E-state index in [1.165, 1.54) is 16.7 Å². The molecule has 4 heterocycles. The van der Waals surface area contributed by atoms with Crippen LogP contribution >= 0.6 is 0 Å². The third-order valence-electron chi connectivity index (χ3n) is 8.02. The third-order valence-corrected chi connectivity index (χ3v) is 8.02. The van der Waals surface area contributed by atoms with Crippen LogP contribution in [0.3, 0.4) is 0 Å². The van der Waals surface area contributed by atoms with Gasteiger partial charge in [0, 0.05) is 36.3 Å². The molecule has 8 aromatic rings. The first-order valence-corrected chi connectivity index (χ1v) is 15.2. The molecule has 4 aromatic heterocycles. The molecule has 0 amide bonds. The maximum atomic E-state index is 7.47. The SMILES string of the molecule is C.Cc1ccc(-c2nc3cnccc3n2-c2ccc(C)cc2)cc1.[2H]Cc1ccc(-c2nc3ccncc3n2-c2ccc(C)cc2)cc1. The van der Waals surface area contributed by atoms with Crippen molar-refractivity contribution in [2.75, 3.05) is 0 Å². The van der Waals surface area contributed by atoms with Crippen molar-refractivity contribution in [3.63, 3.8) is 0 Å². The molecular formula is C41H38N6. The lowest BCUT2D eigenvalue weighted by atomic mass is 10.1. The number of aromatic nitrogens is 6. The van der Waals surface area contributed by atoms with Crippen LogP contribution in [0.5, 0.6) is 0 Å². The Bertz CT molecular complexity index is 2280. The summed E-state index contributed by atoms with van der Waals surface area (Å²) in [4.78, 5) is 18.1. The summed E-state index contributed by atoms with van der Waals surface area (Å²) in [6.07, 6.45) is 7.25. The van der Waals surface area contributed by atoms with E-state index in [2.05, 4.69) is 113 Å². The van der Waals surface area contributed by atoms with E-state index in [4.69, 9.17) is 11.3 Å². The van der Waals surface area contributed by atoms with E-state index in [1.54, 1.807) is 6.20 Å². The summed E-state index contributed by atoms with van der Waals surface area (Å²) in [6.45, 7) is 6.56. The van der Waals surface area contributed by atoms with Gasteiger partial charge in [-0.3, -0.25) is 19.1 Å². The molecule has 0 saturated heterocycles. The van der Waals surface area contributed by atoms with Gasteiger partial charge in [0.05, 0.1) is 28.9 Å². The maximum Gasteiger partial charge on any atom is 0.145 e. The van der Waals surface area contributed by atoms with E-state index >= 15 is 0 Å². The molecule has 0 radical (unpaired) electrons. The van der Waals surface area contributed by atoms with Crippen molar-refractivity contribution < 1.29 is 1.37 Å². The first-order valence-electron chi connectivity index (χ1n) is 15.9. The fourth-order valence-corrected chi connectivity index (χ4v) is 5.51. The van der Waals surface area contributed by atoms with Crippen LogP contribution < -0.4 is 0 Å². The van der Waals surface area contributed by atoms with Gasteiger partial charge < -0.3 is 0 Å². The van der Waals surface area contributed by atoms with Gasteiger partial charge in [-0.15, -0.1) is 0 Å². The average Bonchev–Trinajstić information content (AvgIpc) is 3.69. The summed E-state index contributed by atoms with van der Waals surface area (Å²) < 4.78 is 11.8. The van der Waals surface area contributed by atoms with Crippen LogP contribution in [-0.2, 0) is 0 Å². The average molecular weight is 616 g/mol. The molecule has 0 aliphatic rings. The summed E-state index contributed by atoms with van der Waals surface area (Å²) in [5.74, 6) is 1.83. The standard InChI is InChI=1S/2C20H17N3.CH4/c1-14-3-7-16(8-4-14)20-22-18-13-21-12-11-19(18)23(20)17-9-5-15(2)6-10-17;1-14-3-7-16(8-4-14)20-22-18-11-12-21-13-19(18)23(20)17-9-5-15(2)6-10-17;/h2*3-13H,1-2H3;1H4/i;1D;. The van der Waals surface area contributed by atoms with Crippen LogP contribution in [0.25, 0.3) is 56.2 Å². The van der Waals surface area contributed by atoms with Gasteiger partial charge in [-0.25, -0.2) is 9.97 Å². The molecule has 6 heteroatoms. The molecule has 47 heavy (non-hydrogen) atoms. The van der Waals surface area contributed by atoms with Crippen molar-refractivity contribution in [1.29, 1.82) is 0 Å². The number of fused-ring (bicyclic) bond motifs is 2. The summed E-state index contributed by atoms with van der Waals surface area (Å²) in [5, 5.41) is 0. The molecule has 0 fully saturated rings. The van der Waals surface area contributed by atoms with E-state index < -0.39 is 0 Å². The van der Waals surface area contributed by atoms with Crippen LogP contribution in [0.2, 0.25) is 0 Å². The Labute approximate surface area is 277 Å². The Morgan fingerprint density at radius 2 is 0.915 bits per heavy atom. The Kier molecular flexibility index (Phi) is 8.39. The summed E-state index contributed by atoms with van der Waals surface area (Å²) in [6, 6.07) is 37.4. The van der Waals surface area contributed by atoms with Crippen LogP contribution in [0.4, 0.5) is 0 Å². The van der Waals surface area contributed by atoms with Crippen molar-refractivity contribution in [3.05, 3.63) is 156 Å². The van der Waals surface area contributed by atoms with Gasteiger partial charge in [-0.2, -0.15) is 0 Å². The number of rotatable bonds is 4. The Balaban J connectivity index is 0.000000164. The van der Waals surface area contributed by atoms with E-state index in [-0.39, 0.29) is 7.43 Å². The Morgan fingerprint density at radius 1 is 0.468 bits per heavy atom. The zero-order valence-corrected chi connectivity index (χ0v) is 26.1. The van der Waals surface area contributed by atoms with Gasteiger partial charge in [0.2, 0.25) is 0 Å². The van der Waals surface area contributed by atoms with Gasteiger partial charge >= 0.3 is 0 Å². The highest BCUT2D eigenvalue weighted by atomic mass is 15.1. The van der Waals surface area contributed by atoms with E-state index in [0.717, 1.165) is 61.8 Å². The quantitative estimate of drug-likeness (QED) is 0.198. The predicted octanol–water partition coefficient (Wildman–Crippen LogP) is 10.0. The molecule has 8 rings (SSSR count). The van der Waals surface area contributed by atoms with Crippen molar-refractivity contribution in [2.45, 2.75) is 35.1 Å². The summed E-state index contributed by atoms with van der Waals surface area (Å²) in [5.41, 5.74) is 12.9. The molecule has 0 aliphatic carbocycles. The van der Waals surface area contributed by atoms with Crippen molar-refractivity contribution in [2.24, 2.45) is 0 Å². The monoisotopic (exact) mass is 615 g/mol. The first-order chi connectivity index (χ1) is 23.0. The van der Waals surface area contributed by atoms with E-state index in [0.29, 0.717) is 6.90 Å². The minimum absolute atomic E-state index is 0. The molecule has 0 unspecified atom stereocenters. The predicted molar refractivity (Wildman–Crippen MR) is 194 cm³/mol. The number of nitrogens with zero attached hydrogens (tertiary/aromatic N) is 6. The normalized spacial score (nSPS) is 11.1. The Hall–Kier alpha value is -5.88. The van der Waals surface area contributed by atoms with Crippen LogP contribution in [0, 0.1) is 27.7 Å². The maximum absolute atomic E-state index is 7.47. The summed E-state index contributed by atoms with van der Waals surface area (Å²) >= 11 is 0. The van der Waals surface area contributed by atoms with Gasteiger partial charge in [-0.1, -0.05) is 102 Å². The summed E-state index contributed by atoms with van der Waals surface area (Å²) in [7, 11) is 0. The van der Waals surface area contributed by atoms with Gasteiger partial charge in [0.15, 0.2) is 0 Å². The Morgan fingerprint density at radius 3 is 1.47 bits per heavy atom. The third kappa shape index (κ3) is 6.31. The highest BCUT2D eigenvalue weighted by Crippen LogP contribution is 2.30. The number of pyridine rings is 2. The fraction of sp³-hybridized carbons (Fsp3) is 0.122. The number of hydrogen-bond donors (Lipinski definition) is 0. The number of hydrogen-bond acceptors (Lipinski definition) is 4. The molecule has 0 bridgehead atoms. The molecule has 4 aromatic carbocycles. The second-order valence-corrected chi connectivity index (χ2v) is 11.5. The van der Waals surface area contributed by atoms with Crippen molar-refractivity contribution in [1.82, 2.24) is 29.1 Å². The zero-order chi connectivity index (χ0) is 32.3. The smallest absolute Gasteiger partial charge is 0.145 e. The van der Waals surface area contributed by atoms with Crippen molar-refractivity contribution >= 4 is 22.1 Å². The minimum Gasteiger partial charge on any atom is -0.292 e. The lowest BCUT2D eigenvalue weighted by Gasteiger charge is -2.10. The second-order valence-electron chi connectivity index (χ2n) is 11.5. The van der Waals surface area contributed by atoms with Gasteiger partial charge in [0.25, 0.3) is 0 Å². The molecular weight excluding hydrogens is 576 g/mol. The fourth-order valence-electron chi connectivity index (χ4n) is 5.51. The number of aryl methyl sites for hydroxylation is 4. The van der Waals surface area contributed by atoms with Crippen LogP contribution in [-0.4, -0.2) is 29.1 Å². The molecule has 0 atom stereocenters. The number of imidazole rings is 2. The largest absolute Gasteiger partial charge is 0.292 e. The minimum atomic E-state index is 0. The molecule has 0 N–H and O–H groups in total. The molecule has 0 saturated carbocycles. The zero-order valence-electron chi connectivity index (χ0n) is 27.1. The lowest BCUT2D eigenvalue weighted by Crippen LogP contribution is -1.97. The van der Waals surface area contributed by atoms with E-state index in [1.807, 2.05) is 55.0 Å². The molecule has 0 aliphatic heterocycles. The first kappa shape index (κ1) is 29.8. The highest BCUT2D eigenvalue weighted by Gasteiger charge is 2.15. The van der Waals surface area contributed by atoms with E-state index in [9.17, 15) is 0 Å². The second kappa shape index (κ2) is 13.2. The molecule has 232 valence electrons. The topological polar surface area (TPSA) is 61.4 Å².